The highest BCUT2D eigenvalue weighted by Gasteiger charge is 2.17. The Kier molecular flexibility index (Phi) is 5.23. The van der Waals surface area contributed by atoms with E-state index in [0.29, 0.717) is 26.3 Å². The minimum Gasteiger partial charge on any atom is -0.313 e. The Morgan fingerprint density at radius 2 is 1.97 bits per heavy atom. The van der Waals surface area contributed by atoms with Gasteiger partial charge < -0.3 is 4.98 Å². The number of rotatable bonds is 4. The standard InChI is InChI=1S/C19H12Cl2N4O3S/c20-11-5-6-14-15(7-11)29-18(23-14)24-16(26)12-8-22-19(28)25(17(12)27)9-10-3-1-2-4-13(10)21/h1-8H,9H2,(H,22,28)(H,23,24,26). The van der Waals surface area contributed by atoms with Gasteiger partial charge in [0.1, 0.15) is 5.56 Å². The molecule has 0 aliphatic rings. The minimum absolute atomic E-state index is 0.0609. The van der Waals surface area contributed by atoms with E-state index in [1.165, 1.54) is 11.3 Å². The van der Waals surface area contributed by atoms with Gasteiger partial charge in [0.15, 0.2) is 5.13 Å². The van der Waals surface area contributed by atoms with E-state index < -0.39 is 17.2 Å². The van der Waals surface area contributed by atoms with Gasteiger partial charge in [-0.25, -0.2) is 9.78 Å². The van der Waals surface area contributed by atoms with Gasteiger partial charge in [0.25, 0.3) is 11.5 Å². The quantitative estimate of drug-likeness (QED) is 0.498. The Bertz CT molecular complexity index is 1360. The highest BCUT2D eigenvalue weighted by atomic mass is 35.5. The molecular weight excluding hydrogens is 435 g/mol. The summed E-state index contributed by atoms with van der Waals surface area (Å²) in [5, 5.41) is 3.88. The number of aromatic nitrogens is 3. The SMILES string of the molecule is O=C(Nc1nc2ccc(Cl)cc2s1)c1c[nH]c(=O)n(Cc2ccccc2Cl)c1=O. The molecule has 0 spiro atoms. The fourth-order valence-corrected chi connectivity index (χ4v) is 4.06. The maximum Gasteiger partial charge on any atom is 0.328 e. The molecule has 0 fully saturated rings. The lowest BCUT2D eigenvalue weighted by Gasteiger charge is -2.08. The van der Waals surface area contributed by atoms with E-state index in [-0.39, 0.29) is 12.1 Å². The van der Waals surface area contributed by atoms with Gasteiger partial charge in [-0.05, 0) is 29.8 Å². The van der Waals surface area contributed by atoms with Crippen LogP contribution in [0.5, 0.6) is 0 Å². The molecule has 2 aromatic carbocycles. The van der Waals surface area contributed by atoms with Crippen LogP contribution in [0.25, 0.3) is 10.2 Å². The third kappa shape index (κ3) is 3.95. The Labute approximate surface area is 177 Å². The number of aromatic amines is 1. The highest BCUT2D eigenvalue weighted by molar-refractivity contribution is 7.22. The van der Waals surface area contributed by atoms with Crippen molar-refractivity contribution in [2.75, 3.05) is 5.32 Å². The lowest BCUT2D eigenvalue weighted by Crippen LogP contribution is -2.39. The summed E-state index contributed by atoms with van der Waals surface area (Å²) in [6.07, 6.45) is 1.09. The Hall–Kier alpha value is -2.94. The van der Waals surface area contributed by atoms with E-state index in [0.717, 1.165) is 15.5 Å². The first-order valence-electron chi connectivity index (χ1n) is 8.36. The van der Waals surface area contributed by atoms with Crippen LogP contribution < -0.4 is 16.6 Å². The van der Waals surface area contributed by atoms with Gasteiger partial charge in [-0.1, -0.05) is 52.7 Å². The van der Waals surface area contributed by atoms with E-state index >= 15 is 0 Å². The number of carbonyl (C=O) groups is 1. The van der Waals surface area contributed by atoms with Crippen LogP contribution in [0.15, 0.2) is 58.3 Å². The lowest BCUT2D eigenvalue weighted by molar-refractivity contribution is 0.102. The number of carbonyl (C=O) groups excluding carboxylic acids is 1. The minimum atomic E-state index is -0.727. The number of benzene rings is 2. The molecule has 1 amide bonds. The zero-order chi connectivity index (χ0) is 20.5. The molecule has 4 rings (SSSR count). The number of hydrogen-bond acceptors (Lipinski definition) is 5. The van der Waals surface area contributed by atoms with Crippen molar-refractivity contribution in [3.63, 3.8) is 0 Å². The Morgan fingerprint density at radius 1 is 1.17 bits per heavy atom. The summed E-state index contributed by atoms with van der Waals surface area (Å²) in [7, 11) is 0. The fourth-order valence-electron chi connectivity index (χ4n) is 2.73. The molecule has 0 saturated heterocycles. The molecule has 29 heavy (non-hydrogen) atoms. The van der Waals surface area contributed by atoms with Crippen molar-refractivity contribution in [2.45, 2.75) is 6.54 Å². The average Bonchev–Trinajstić information content (AvgIpc) is 3.07. The second kappa shape index (κ2) is 7.82. The molecular formula is C19H12Cl2N4O3S. The van der Waals surface area contributed by atoms with Crippen LogP contribution in [0, 0.1) is 0 Å². The second-order valence-electron chi connectivity index (χ2n) is 6.08. The summed E-state index contributed by atoms with van der Waals surface area (Å²) in [6, 6.07) is 12.0. The molecule has 146 valence electrons. The number of halogens is 2. The third-order valence-corrected chi connectivity index (χ3v) is 5.70. The normalized spacial score (nSPS) is 11.0. The number of fused-ring (bicyclic) bond motifs is 1. The van der Waals surface area contributed by atoms with Crippen molar-refractivity contribution in [1.82, 2.24) is 14.5 Å². The fraction of sp³-hybridized carbons (Fsp3) is 0.0526. The summed E-state index contributed by atoms with van der Waals surface area (Å²) in [4.78, 5) is 44.3. The lowest BCUT2D eigenvalue weighted by atomic mass is 10.2. The molecule has 10 heteroatoms. The molecule has 0 aliphatic heterocycles. The van der Waals surface area contributed by atoms with E-state index in [1.54, 1.807) is 42.5 Å². The molecule has 0 radical (unpaired) electrons. The first kappa shape index (κ1) is 19.4. The predicted molar refractivity (Wildman–Crippen MR) is 114 cm³/mol. The predicted octanol–water partition coefficient (Wildman–Crippen LogP) is 3.75. The van der Waals surface area contributed by atoms with Crippen molar-refractivity contribution in [3.8, 4) is 0 Å². The molecule has 0 saturated carbocycles. The zero-order valence-corrected chi connectivity index (χ0v) is 16.9. The van der Waals surface area contributed by atoms with E-state index in [2.05, 4.69) is 15.3 Å². The first-order valence-corrected chi connectivity index (χ1v) is 9.93. The second-order valence-corrected chi connectivity index (χ2v) is 7.95. The van der Waals surface area contributed by atoms with Crippen LogP contribution in [-0.4, -0.2) is 20.4 Å². The van der Waals surface area contributed by atoms with Gasteiger partial charge >= 0.3 is 5.69 Å². The molecule has 2 aromatic heterocycles. The van der Waals surface area contributed by atoms with Crippen LogP contribution in [-0.2, 0) is 6.54 Å². The molecule has 0 bridgehead atoms. The smallest absolute Gasteiger partial charge is 0.313 e. The number of hydrogen-bond donors (Lipinski definition) is 2. The van der Waals surface area contributed by atoms with Crippen LogP contribution in [0.1, 0.15) is 15.9 Å². The van der Waals surface area contributed by atoms with Crippen LogP contribution in [0.2, 0.25) is 10.0 Å². The maximum absolute atomic E-state index is 12.8. The first-order chi connectivity index (χ1) is 13.9. The van der Waals surface area contributed by atoms with Crippen molar-refractivity contribution >= 4 is 55.8 Å². The van der Waals surface area contributed by atoms with Gasteiger partial charge in [-0.3, -0.25) is 19.5 Å². The summed E-state index contributed by atoms with van der Waals surface area (Å²) >= 11 is 13.3. The number of amides is 1. The average molecular weight is 447 g/mol. The Morgan fingerprint density at radius 3 is 2.76 bits per heavy atom. The van der Waals surface area contributed by atoms with Crippen molar-refractivity contribution in [2.24, 2.45) is 0 Å². The van der Waals surface area contributed by atoms with Crippen molar-refractivity contribution in [1.29, 1.82) is 0 Å². The monoisotopic (exact) mass is 446 g/mol. The number of nitrogens with one attached hydrogen (secondary N) is 2. The van der Waals surface area contributed by atoms with Crippen molar-refractivity contribution in [3.05, 3.63) is 90.7 Å². The summed E-state index contributed by atoms with van der Waals surface area (Å²) in [5.74, 6) is -0.677. The Balaban J connectivity index is 1.65. The molecule has 0 atom stereocenters. The topological polar surface area (TPSA) is 96.8 Å². The molecule has 2 N–H and O–H groups in total. The summed E-state index contributed by atoms with van der Waals surface area (Å²) < 4.78 is 1.72. The molecule has 0 aliphatic carbocycles. The highest BCUT2D eigenvalue weighted by Crippen LogP contribution is 2.28. The van der Waals surface area contributed by atoms with Gasteiger partial charge in [0.05, 0.1) is 16.8 Å². The van der Waals surface area contributed by atoms with Gasteiger partial charge in [0, 0.05) is 16.2 Å². The van der Waals surface area contributed by atoms with Crippen LogP contribution >= 0.6 is 34.5 Å². The largest absolute Gasteiger partial charge is 0.328 e. The van der Waals surface area contributed by atoms with Gasteiger partial charge in [-0.15, -0.1) is 0 Å². The van der Waals surface area contributed by atoms with E-state index in [1.807, 2.05) is 0 Å². The van der Waals surface area contributed by atoms with Crippen LogP contribution in [0.3, 0.4) is 0 Å². The number of nitrogens with zero attached hydrogens (tertiary/aromatic N) is 2. The van der Waals surface area contributed by atoms with E-state index in [4.69, 9.17) is 23.2 Å². The number of thiazole rings is 1. The molecule has 0 unspecified atom stereocenters. The number of H-pyrrole nitrogens is 1. The summed E-state index contributed by atoms with van der Waals surface area (Å²) in [6.45, 7) is -0.0609. The van der Waals surface area contributed by atoms with E-state index in [9.17, 15) is 14.4 Å². The molecule has 2 heterocycles. The maximum atomic E-state index is 12.8. The molecule has 7 nitrogen and oxygen atoms in total. The van der Waals surface area contributed by atoms with Gasteiger partial charge in [-0.2, -0.15) is 0 Å². The molecule has 4 aromatic rings. The zero-order valence-electron chi connectivity index (χ0n) is 14.6. The van der Waals surface area contributed by atoms with Crippen LogP contribution in [0.4, 0.5) is 5.13 Å². The van der Waals surface area contributed by atoms with Crippen molar-refractivity contribution < 1.29 is 4.79 Å². The number of anilines is 1. The summed E-state index contributed by atoms with van der Waals surface area (Å²) in [5.41, 5.74) is -0.319. The van der Waals surface area contributed by atoms with Gasteiger partial charge in [0.2, 0.25) is 0 Å². The third-order valence-electron chi connectivity index (χ3n) is 4.16.